The molecule has 1 atom stereocenters. The smallest absolute Gasteiger partial charge is 0.265 e. The zero-order chi connectivity index (χ0) is 13.9. The van der Waals surface area contributed by atoms with Crippen LogP contribution in [0.5, 0.6) is 0 Å². The summed E-state index contributed by atoms with van der Waals surface area (Å²) in [5.74, 6) is 0.367. The molecule has 6 heteroatoms. The van der Waals surface area contributed by atoms with Crippen LogP contribution in [-0.4, -0.2) is 38.8 Å². The number of rotatable bonds is 2. The molecule has 0 aromatic carbocycles. The highest BCUT2D eigenvalue weighted by Gasteiger charge is 2.27. The number of carbonyl (C=O) groups is 1. The number of hydrogen-bond donors (Lipinski definition) is 0. The fraction of sp³-hybridized carbons (Fsp3) is 0.429. The maximum absolute atomic E-state index is 12.4. The number of hydrogen-bond acceptors (Lipinski definition) is 5. The van der Waals surface area contributed by atoms with Gasteiger partial charge >= 0.3 is 0 Å². The van der Waals surface area contributed by atoms with Crippen molar-refractivity contribution in [1.29, 1.82) is 0 Å². The van der Waals surface area contributed by atoms with E-state index in [9.17, 15) is 4.79 Å². The van der Waals surface area contributed by atoms with Crippen molar-refractivity contribution in [2.24, 2.45) is 0 Å². The normalized spacial score (nSPS) is 19.1. The fourth-order valence-electron chi connectivity index (χ4n) is 2.56. The standard InChI is InChI=1S/C14H16N4OS/c1-10-5-15-6-12(17-10)11-3-2-4-18(8-11)14(19)13-7-16-9-20-13/h5-7,9,11H,2-4,8H2,1H3. The molecule has 0 bridgehead atoms. The van der Waals surface area contributed by atoms with Gasteiger partial charge in [-0.1, -0.05) is 0 Å². The van der Waals surface area contributed by atoms with Crippen LogP contribution in [0.3, 0.4) is 0 Å². The molecule has 3 rings (SSSR count). The van der Waals surface area contributed by atoms with Crippen LogP contribution >= 0.6 is 11.3 Å². The minimum absolute atomic E-state index is 0.0813. The second-order valence-corrected chi connectivity index (χ2v) is 5.93. The van der Waals surface area contributed by atoms with E-state index in [0.29, 0.717) is 4.88 Å². The third kappa shape index (κ3) is 2.70. The second-order valence-electron chi connectivity index (χ2n) is 5.04. The number of aromatic nitrogens is 3. The average Bonchev–Trinajstić information content (AvgIpc) is 3.01. The maximum Gasteiger partial charge on any atom is 0.265 e. The van der Waals surface area contributed by atoms with Crippen LogP contribution in [0.2, 0.25) is 0 Å². The van der Waals surface area contributed by atoms with Gasteiger partial charge in [-0.25, -0.2) is 0 Å². The molecule has 1 fully saturated rings. The summed E-state index contributed by atoms with van der Waals surface area (Å²) in [6.07, 6.45) is 7.28. The summed E-state index contributed by atoms with van der Waals surface area (Å²) in [6, 6.07) is 0. The number of aryl methyl sites for hydroxylation is 1. The van der Waals surface area contributed by atoms with Gasteiger partial charge in [0.05, 0.1) is 23.1 Å². The Kier molecular flexibility index (Phi) is 3.73. The largest absolute Gasteiger partial charge is 0.337 e. The van der Waals surface area contributed by atoms with E-state index in [1.807, 2.05) is 18.0 Å². The summed E-state index contributed by atoms with van der Waals surface area (Å²) in [7, 11) is 0. The SMILES string of the molecule is Cc1cncc(C2CCCN(C(=O)c3cncs3)C2)n1. The average molecular weight is 288 g/mol. The Morgan fingerprint density at radius 3 is 3.00 bits per heavy atom. The molecule has 104 valence electrons. The monoisotopic (exact) mass is 288 g/mol. The summed E-state index contributed by atoms with van der Waals surface area (Å²) < 4.78 is 0. The third-order valence-electron chi connectivity index (χ3n) is 3.54. The van der Waals surface area contributed by atoms with Gasteiger partial charge in [-0.15, -0.1) is 11.3 Å². The van der Waals surface area contributed by atoms with Crippen LogP contribution < -0.4 is 0 Å². The molecule has 0 saturated carbocycles. The van der Waals surface area contributed by atoms with E-state index in [0.717, 1.165) is 37.3 Å². The Hall–Kier alpha value is -1.82. The van der Waals surface area contributed by atoms with Gasteiger partial charge < -0.3 is 4.90 Å². The summed E-state index contributed by atoms with van der Waals surface area (Å²) in [4.78, 5) is 27.7. The van der Waals surface area contributed by atoms with Crippen LogP contribution in [0.4, 0.5) is 0 Å². The van der Waals surface area contributed by atoms with Crippen molar-refractivity contribution in [2.45, 2.75) is 25.7 Å². The molecule has 20 heavy (non-hydrogen) atoms. The molecule has 5 nitrogen and oxygen atoms in total. The molecule has 2 aromatic heterocycles. The quantitative estimate of drug-likeness (QED) is 0.850. The topological polar surface area (TPSA) is 59.0 Å². The van der Waals surface area contributed by atoms with Gasteiger partial charge in [-0.05, 0) is 19.8 Å². The molecule has 1 unspecified atom stereocenters. The third-order valence-corrected chi connectivity index (χ3v) is 4.30. The lowest BCUT2D eigenvalue weighted by atomic mass is 9.95. The van der Waals surface area contributed by atoms with Crippen LogP contribution in [-0.2, 0) is 0 Å². The molecule has 0 radical (unpaired) electrons. The summed E-state index contributed by atoms with van der Waals surface area (Å²) in [6.45, 7) is 3.47. The maximum atomic E-state index is 12.4. The van der Waals surface area contributed by atoms with Crippen LogP contribution in [0.1, 0.15) is 39.8 Å². The van der Waals surface area contributed by atoms with E-state index in [1.54, 1.807) is 17.9 Å². The molecule has 0 N–H and O–H groups in total. The Balaban J connectivity index is 1.75. The molecule has 2 aromatic rings. The lowest BCUT2D eigenvalue weighted by Gasteiger charge is -2.32. The first-order chi connectivity index (χ1) is 9.74. The van der Waals surface area contributed by atoms with E-state index in [-0.39, 0.29) is 11.8 Å². The van der Waals surface area contributed by atoms with E-state index >= 15 is 0 Å². The van der Waals surface area contributed by atoms with Crippen molar-refractivity contribution >= 4 is 17.2 Å². The number of amides is 1. The summed E-state index contributed by atoms with van der Waals surface area (Å²) in [5.41, 5.74) is 3.61. The molecule has 1 saturated heterocycles. The van der Waals surface area contributed by atoms with Crippen LogP contribution in [0.25, 0.3) is 0 Å². The van der Waals surface area contributed by atoms with Crippen molar-refractivity contribution in [3.8, 4) is 0 Å². The van der Waals surface area contributed by atoms with E-state index < -0.39 is 0 Å². The van der Waals surface area contributed by atoms with Gasteiger partial charge in [0.25, 0.3) is 5.91 Å². The van der Waals surface area contributed by atoms with Gasteiger partial charge in [-0.3, -0.25) is 19.7 Å². The molecule has 1 aliphatic rings. The highest BCUT2D eigenvalue weighted by molar-refractivity contribution is 7.11. The van der Waals surface area contributed by atoms with Gasteiger partial charge in [0.15, 0.2) is 0 Å². The van der Waals surface area contributed by atoms with Crippen molar-refractivity contribution in [3.05, 3.63) is 40.4 Å². The zero-order valence-electron chi connectivity index (χ0n) is 11.3. The molecule has 3 heterocycles. The molecular formula is C14H16N4OS. The Labute approximate surface area is 121 Å². The minimum atomic E-state index is 0.0813. The van der Waals surface area contributed by atoms with Gasteiger partial charge in [0.1, 0.15) is 4.88 Å². The van der Waals surface area contributed by atoms with Crippen molar-refractivity contribution < 1.29 is 4.79 Å². The van der Waals surface area contributed by atoms with E-state index in [4.69, 9.17) is 0 Å². The molecule has 0 spiro atoms. The molecule has 1 amide bonds. The molecule has 1 aliphatic heterocycles. The first-order valence-corrected chi connectivity index (χ1v) is 7.58. The molecular weight excluding hydrogens is 272 g/mol. The van der Waals surface area contributed by atoms with E-state index in [1.165, 1.54) is 11.3 Å². The van der Waals surface area contributed by atoms with Crippen molar-refractivity contribution in [2.75, 3.05) is 13.1 Å². The summed E-state index contributed by atoms with van der Waals surface area (Å²) in [5, 5.41) is 0. The Morgan fingerprint density at radius 1 is 1.35 bits per heavy atom. The fourth-order valence-corrected chi connectivity index (χ4v) is 3.15. The zero-order valence-corrected chi connectivity index (χ0v) is 12.1. The van der Waals surface area contributed by atoms with Crippen molar-refractivity contribution in [1.82, 2.24) is 19.9 Å². The molecule has 0 aliphatic carbocycles. The first kappa shape index (κ1) is 13.2. The Bertz CT molecular complexity index is 599. The minimum Gasteiger partial charge on any atom is -0.337 e. The number of thiazole rings is 1. The number of piperidine rings is 1. The predicted octanol–water partition coefficient (Wildman–Crippen LogP) is 2.26. The van der Waals surface area contributed by atoms with Gasteiger partial charge in [-0.2, -0.15) is 0 Å². The van der Waals surface area contributed by atoms with Gasteiger partial charge in [0.2, 0.25) is 0 Å². The van der Waals surface area contributed by atoms with Gasteiger partial charge in [0, 0.05) is 31.4 Å². The first-order valence-electron chi connectivity index (χ1n) is 6.70. The second kappa shape index (κ2) is 5.66. The highest BCUT2D eigenvalue weighted by Crippen LogP contribution is 2.26. The number of nitrogens with zero attached hydrogens (tertiary/aromatic N) is 4. The van der Waals surface area contributed by atoms with Crippen LogP contribution in [0.15, 0.2) is 24.1 Å². The lowest BCUT2D eigenvalue weighted by Crippen LogP contribution is -2.39. The van der Waals surface area contributed by atoms with Crippen molar-refractivity contribution in [3.63, 3.8) is 0 Å². The summed E-state index contributed by atoms with van der Waals surface area (Å²) >= 11 is 1.39. The lowest BCUT2D eigenvalue weighted by molar-refractivity contribution is 0.0710. The Morgan fingerprint density at radius 2 is 2.25 bits per heavy atom. The predicted molar refractivity (Wildman–Crippen MR) is 76.8 cm³/mol. The number of likely N-dealkylation sites (tertiary alicyclic amines) is 1. The highest BCUT2D eigenvalue weighted by atomic mass is 32.1. The van der Waals surface area contributed by atoms with Crippen LogP contribution in [0, 0.1) is 6.92 Å². The van der Waals surface area contributed by atoms with E-state index in [2.05, 4.69) is 15.0 Å². The number of carbonyl (C=O) groups excluding carboxylic acids is 1.